The minimum absolute atomic E-state index is 0.137. The second kappa shape index (κ2) is 6.31. The highest BCUT2D eigenvalue weighted by molar-refractivity contribution is 8.32. The SMILES string of the molecule is CCOC(=O)[SH]1Cc2ccccc2C1P(=O)(O)OCC. The lowest BCUT2D eigenvalue weighted by Crippen LogP contribution is -2.08. The maximum absolute atomic E-state index is 12.4. The summed E-state index contributed by atoms with van der Waals surface area (Å²) in [7, 11) is -5.28. The van der Waals surface area contributed by atoms with Gasteiger partial charge >= 0.3 is 12.9 Å². The summed E-state index contributed by atoms with van der Waals surface area (Å²) in [5, 5.41) is -0.377. The van der Waals surface area contributed by atoms with Crippen LogP contribution in [0, 0.1) is 0 Å². The lowest BCUT2D eigenvalue weighted by atomic mass is 10.1. The highest BCUT2D eigenvalue weighted by atomic mass is 32.2. The molecule has 0 saturated carbocycles. The second-order valence-electron chi connectivity index (χ2n) is 4.38. The van der Waals surface area contributed by atoms with E-state index in [0.29, 0.717) is 5.75 Å². The van der Waals surface area contributed by atoms with Gasteiger partial charge in [0.2, 0.25) is 0 Å². The van der Waals surface area contributed by atoms with E-state index in [2.05, 4.69) is 0 Å². The lowest BCUT2D eigenvalue weighted by Gasteiger charge is -2.26. The molecule has 1 aromatic rings. The van der Waals surface area contributed by atoms with Crippen molar-refractivity contribution in [1.29, 1.82) is 0 Å². The van der Waals surface area contributed by atoms with Crippen LogP contribution in [-0.4, -0.2) is 23.4 Å². The van der Waals surface area contributed by atoms with Crippen LogP contribution in [0.25, 0.3) is 0 Å². The molecule has 1 aliphatic heterocycles. The summed E-state index contributed by atoms with van der Waals surface area (Å²) in [6.07, 6.45) is 0. The van der Waals surface area contributed by atoms with Crippen molar-refractivity contribution >= 4 is 23.8 Å². The molecule has 0 amide bonds. The van der Waals surface area contributed by atoms with Gasteiger partial charge < -0.3 is 14.2 Å². The van der Waals surface area contributed by atoms with Crippen LogP contribution in [0.5, 0.6) is 0 Å². The van der Waals surface area contributed by atoms with Crippen molar-refractivity contribution in [2.45, 2.75) is 24.6 Å². The van der Waals surface area contributed by atoms with Gasteiger partial charge in [0.05, 0.1) is 13.2 Å². The Morgan fingerprint density at radius 2 is 2.10 bits per heavy atom. The van der Waals surface area contributed by atoms with Gasteiger partial charge in [-0.15, -0.1) is 10.9 Å². The number of hydrogen-bond acceptors (Lipinski definition) is 4. The van der Waals surface area contributed by atoms with Crippen LogP contribution in [-0.2, 0) is 19.6 Å². The van der Waals surface area contributed by atoms with E-state index >= 15 is 0 Å². The third kappa shape index (κ3) is 2.93. The Labute approximate surface area is 121 Å². The summed E-state index contributed by atoms with van der Waals surface area (Å²) in [6.45, 7) is 3.80. The Bertz CT molecular complexity index is 547. The standard InChI is InChI=1S/C13H19O5PS/c1-3-17-13(14)20-9-10-7-5-6-8-11(10)12(20)19(15,16)18-4-2/h5-8,12,20H,3-4,9H2,1-2H3,(H,15,16). The molecular formula is C13H19O5PS. The van der Waals surface area contributed by atoms with Gasteiger partial charge in [-0.05, 0) is 25.0 Å². The topological polar surface area (TPSA) is 72.8 Å². The fourth-order valence-corrected chi connectivity index (χ4v) is 7.64. The van der Waals surface area contributed by atoms with Crippen LogP contribution in [0.3, 0.4) is 0 Å². The van der Waals surface area contributed by atoms with Crippen LogP contribution in [0.4, 0.5) is 4.79 Å². The molecule has 7 heteroatoms. The molecule has 3 atom stereocenters. The first-order valence-electron chi connectivity index (χ1n) is 6.49. The second-order valence-corrected chi connectivity index (χ2v) is 8.83. The molecule has 0 saturated heterocycles. The van der Waals surface area contributed by atoms with E-state index in [0.717, 1.165) is 11.1 Å². The molecule has 0 radical (unpaired) electrons. The molecule has 3 unspecified atom stereocenters. The molecule has 0 aromatic heterocycles. The zero-order valence-corrected chi connectivity index (χ0v) is 13.3. The highest BCUT2D eigenvalue weighted by Crippen LogP contribution is 2.72. The predicted molar refractivity (Wildman–Crippen MR) is 80.3 cm³/mol. The smallest absolute Gasteiger partial charge is 0.348 e. The molecule has 0 aliphatic carbocycles. The maximum Gasteiger partial charge on any atom is 0.348 e. The predicted octanol–water partition coefficient (Wildman–Crippen LogP) is 3.58. The van der Waals surface area contributed by atoms with Gasteiger partial charge in [-0.1, -0.05) is 24.3 Å². The molecule has 0 spiro atoms. The maximum atomic E-state index is 12.4. The lowest BCUT2D eigenvalue weighted by molar-refractivity contribution is 0.180. The summed E-state index contributed by atoms with van der Waals surface area (Å²) >= 11 is 0. The number of carbonyl (C=O) groups excluding carboxylic acids is 1. The molecule has 112 valence electrons. The summed E-state index contributed by atoms with van der Waals surface area (Å²) in [5.41, 5.74) is 1.68. The van der Waals surface area contributed by atoms with Crippen LogP contribution < -0.4 is 0 Å². The van der Waals surface area contributed by atoms with E-state index in [1.54, 1.807) is 19.9 Å². The molecule has 1 heterocycles. The Balaban J connectivity index is 2.40. The number of fused-ring (bicyclic) bond motifs is 1. The van der Waals surface area contributed by atoms with Crippen molar-refractivity contribution in [2.24, 2.45) is 0 Å². The van der Waals surface area contributed by atoms with Gasteiger partial charge in [-0.3, -0.25) is 4.57 Å². The van der Waals surface area contributed by atoms with E-state index in [1.165, 1.54) is 0 Å². The van der Waals surface area contributed by atoms with Gasteiger partial charge in [-0.2, -0.15) is 0 Å². The monoisotopic (exact) mass is 318 g/mol. The highest BCUT2D eigenvalue weighted by Gasteiger charge is 2.46. The molecule has 1 aromatic carbocycles. The quantitative estimate of drug-likeness (QED) is 0.504. The Hall–Kier alpha value is -0.810. The third-order valence-electron chi connectivity index (χ3n) is 3.09. The largest absolute Gasteiger partial charge is 0.459 e. The van der Waals surface area contributed by atoms with Gasteiger partial charge in [0.1, 0.15) is 4.99 Å². The molecular weight excluding hydrogens is 299 g/mol. The van der Waals surface area contributed by atoms with Crippen molar-refractivity contribution in [1.82, 2.24) is 0 Å². The van der Waals surface area contributed by atoms with Crippen LogP contribution in [0.2, 0.25) is 0 Å². The molecule has 20 heavy (non-hydrogen) atoms. The number of carbonyl (C=O) groups is 1. The number of benzene rings is 1. The van der Waals surface area contributed by atoms with Crippen molar-refractivity contribution in [3.05, 3.63) is 35.4 Å². The van der Waals surface area contributed by atoms with E-state index in [9.17, 15) is 14.3 Å². The van der Waals surface area contributed by atoms with Gasteiger partial charge in [-0.25, -0.2) is 4.79 Å². The number of hydrogen-bond donors (Lipinski definition) is 2. The molecule has 5 nitrogen and oxygen atoms in total. The van der Waals surface area contributed by atoms with E-state index in [4.69, 9.17) is 9.26 Å². The number of rotatable bonds is 4. The Morgan fingerprint density at radius 3 is 2.75 bits per heavy atom. The van der Waals surface area contributed by atoms with Gasteiger partial charge in [0.15, 0.2) is 0 Å². The molecule has 0 fully saturated rings. The number of thiol groups is 1. The molecule has 2 rings (SSSR count). The van der Waals surface area contributed by atoms with Crippen LogP contribution >= 0.6 is 18.5 Å². The molecule has 1 N–H and O–H groups in total. The number of ether oxygens (including phenoxy) is 1. The van der Waals surface area contributed by atoms with Crippen LogP contribution in [0.15, 0.2) is 24.3 Å². The Morgan fingerprint density at radius 1 is 1.40 bits per heavy atom. The minimum Gasteiger partial charge on any atom is -0.459 e. The van der Waals surface area contributed by atoms with E-state index < -0.39 is 23.5 Å². The zero-order chi connectivity index (χ0) is 14.8. The first kappa shape index (κ1) is 15.6. The van der Waals surface area contributed by atoms with Gasteiger partial charge in [0.25, 0.3) is 0 Å². The Kier molecular flexibility index (Phi) is 4.91. The fourth-order valence-electron chi connectivity index (χ4n) is 2.35. The van der Waals surface area contributed by atoms with Crippen molar-refractivity contribution in [3.8, 4) is 0 Å². The first-order chi connectivity index (χ1) is 9.51. The fraction of sp³-hybridized carbons (Fsp3) is 0.462. The van der Waals surface area contributed by atoms with Crippen molar-refractivity contribution in [3.63, 3.8) is 0 Å². The summed E-state index contributed by atoms with van der Waals surface area (Å²) < 4.78 is 22.6. The molecule has 1 aliphatic rings. The summed E-state index contributed by atoms with van der Waals surface area (Å²) in [5.74, 6) is 0.479. The average molecular weight is 318 g/mol. The normalized spacial score (nSPS) is 25.8. The molecule has 0 bridgehead atoms. The third-order valence-corrected chi connectivity index (χ3v) is 8.48. The first-order valence-corrected chi connectivity index (χ1v) is 9.73. The van der Waals surface area contributed by atoms with Gasteiger partial charge in [0, 0.05) is 5.75 Å². The zero-order valence-electron chi connectivity index (χ0n) is 11.5. The minimum atomic E-state index is -3.88. The van der Waals surface area contributed by atoms with Crippen LogP contribution in [0.1, 0.15) is 30.0 Å². The van der Waals surface area contributed by atoms with Crippen molar-refractivity contribution in [2.75, 3.05) is 13.2 Å². The average Bonchev–Trinajstić information content (AvgIpc) is 2.79. The summed E-state index contributed by atoms with van der Waals surface area (Å²) in [4.78, 5) is 21.5. The van der Waals surface area contributed by atoms with E-state index in [1.807, 2.05) is 18.2 Å². The summed E-state index contributed by atoms with van der Waals surface area (Å²) in [6, 6.07) is 7.35. The van der Waals surface area contributed by atoms with E-state index in [-0.39, 0.29) is 18.5 Å². The van der Waals surface area contributed by atoms with Crippen molar-refractivity contribution < 1.29 is 23.5 Å².